The van der Waals surface area contributed by atoms with Crippen molar-refractivity contribution in [2.24, 2.45) is 11.3 Å². The largest absolute Gasteiger partial charge is 0.369 e. The summed E-state index contributed by atoms with van der Waals surface area (Å²) in [6, 6.07) is 1.88. The van der Waals surface area contributed by atoms with Gasteiger partial charge in [0.2, 0.25) is 0 Å². The van der Waals surface area contributed by atoms with E-state index in [-0.39, 0.29) is 6.42 Å². The van der Waals surface area contributed by atoms with E-state index in [4.69, 9.17) is 10.00 Å². The van der Waals surface area contributed by atoms with Gasteiger partial charge < -0.3 is 4.74 Å². The molecule has 8 heteroatoms. The van der Waals surface area contributed by atoms with Gasteiger partial charge in [-0.3, -0.25) is 0 Å². The molecule has 4 unspecified atom stereocenters. The molecule has 0 radical (unpaired) electrons. The van der Waals surface area contributed by atoms with Crippen molar-refractivity contribution in [3.63, 3.8) is 0 Å². The molecule has 0 N–H and O–H groups in total. The van der Waals surface area contributed by atoms with Gasteiger partial charge >= 0.3 is 10.2 Å². The molecule has 0 aromatic rings. The first-order valence-electron chi connectivity index (χ1n) is 5.30. The second-order valence-electron chi connectivity index (χ2n) is 5.13. The van der Waals surface area contributed by atoms with Crippen LogP contribution in [0.15, 0.2) is 11.0 Å². The van der Waals surface area contributed by atoms with Crippen LogP contribution in [0, 0.1) is 22.7 Å². The summed E-state index contributed by atoms with van der Waals surface area (Å²) in [6.07, 6.45) is -1.66. The highest BCUT2D eigenvalue weighted by atomic mass is 32.5. The highest BCUT2D eigenvalue weighted by Gasteiger charge is 2.75. The van der Waals surface area contributed by atoms with E-state index in [9.17, 15) is 19.4 Å². The first-order valence-corrected chi connectivity index (χ1v) is 7.25. The van der Waals surface area contributed by atoms with E-state index in [1.807, 2.05) is 6.07 Å². The molecule has 2 aliphatic rings. The first kappa shape index (κ1) is 13.6. The molecule has 1 aliphatic heterocycles. The van der Waals surface area contributed by atoms with Crippen LogP contribution in [-0.4, -0.2) is 12.2 Å². The molecule has 1 saturated heterocycles. The fraction of sp³-hybridized carbons (Fsp3) is 0.700. The van der Waals surface area contributed by atoms with Crippen molar-refractivity contribution in [1.82, 2.24) is 0 Å². The fourth-order valence-corrected chi connectivity index (χ4v) is 3.74. The quantitative estimate of drug-likeness (QED) is 0.665. The van der Waals surface area contributed by atoms with Crippen LogP contribution in [0.3, 0.4) is 0 Å². The molecule has 1 aliphatic carbocycles. The fourth-order valence-electron chi connectivity index (χ4n) is 2.54. The number of nitrogens with zero attached hydrogens (tertiary/aromatic N) is 1. The molecule has 0 saturated carbocycles. The molecule has 18 heavy (non-hydrogen) atoms. The molecule has 0 bridgehead atoms. The van der Waals surface area contributed by atoms with Gasteiger partial charge in [-0.15, -0.1) is 0 Å². The minimum Gasteiger partial charge on any atom is -0.369 e. The summed E-state index contributed by atoms with van der Waals surface area (Å²) < 4.78 is 68.6. The third-order valence-electron chi connectivity index (χ3n) is 3.56. The Morgan fingerprint density at radius 3 is 2.39 bits per heavy atom. The second-order valence-corrected chi connectivity index (χ2v) is 7.54. The summed E-state index contributed by atoms with van der Waals surface area (Å²) in [6.45, 7) is 2.83. The van der Waals surface area contributed by atoms with Crippen LogP contribution in [-0.2, 0) is 4.74 Å². The third-order valence-corrected chi connectivity index (χ3v) is 4.79. The predicted molar refractivity (Wildman–Crippen MR) is 57.4 cm³/mol. The molecule has 0 spiro atoms. The second kappa shape index (κ2) is 2.85. The SMILES string of the molecule is CC1CC(C#N)C2(C)C=C(S(F)(F)(F)(F)F)C2O1. The van der Waals surface area contributed by atoms with E-state index >= 15 is 0 Å². The van der Waals surface area contributed by atoms with Gasteiger partial charge in [-0.25, -0.2) is 0 Å². The molecule has 2 rings (SSSR count). The average Bonchev–Trinajstić information content (AvgIpc) is 2.13. The lowest BCUT2D eigenvalue weighted by atomic mass is 9.63. The van der Waals surface area contributed by atoms with Crippen LogP contribution in [0.25, 0.3) is 0 Å². The van der Waals surface area contributed by atoms with Gasteiger partial charge in [0, 0.05) is 5.41 Å². The number of hydrogen-bond acceptors (Lipinski definition) is 2. The lowest BCUT2D eigenvalue weighted by molar-refractivity contribution is -0.112. The van der Waals surface area contributed by atoms with E-state index < -0.39 is 38.7 Å². The van der Waals surface area contributed by atoms with Gasteiger partial charge in [-0.2, -0.15) is 5.26 Å². The zero-order chi connectivity index (χ0) is 14.0. The van der Waals surface area contributed by atoms with Crippen molar-refractivity contribution in [2.45, 2.75) is 32.5 Å². The lowest BCUT2D eigenvalue weighted by Gasteiger charge is -2.58. The summed E-state index contributed by atoms with van der Waals surface area (Å²) in [4.78, 5) is -1.88. The van der Waals surface area contributed by atoms with Crippen molar-refractivity contribution in [3.05, 3.63) is 11.0 Å². The first-order chi connectivity index (χ1) is 7.78. The van der Waals surface area contributed by atoms with Gasteiger partial charge in [0.05, 0.1) is 18.1 Å². The molecule has 1 fully saturated rings. The maximum Gasteiger partial charge on any atom is 0.309 e. The van der Waals surface area contributed by atoms with Crippen LogP contribution >= 0.6 is 10.2 Å². The van der Waals surface area contributed by atoms with E-state index in [1.54, 1.807) is 0 Å². The molecule has 0 amide bonds. The number of halogens is 5. The number of fused-ring (bicyclic) bond motifs is 1. The molecule has 4 atom stereocenters. The summed E-state index contributed by atoms with van der Waals surface area (Å²) in [5, 5.41) is 8.92. The van der Waals surface area contributed by atoms with Gasteiger partial charge in [0.15, 0.2) is 0 Å². The summed E-state index contributed by atoms with van der Waals surface area (Å²) in [7, 11) is -9.68. The number of rotatable bonds is 1. The predicted octanol–water partition coefficient (Wildman–Crippen LogP) is 4.51. The molecule has 0 aromatic heterocycles. The van der Waals surface area contributed by atoms with E-state index in [0.717, 1.165) is 0 Å². The molecule has 1 heterocycles. The van der Waals surface area contributed by atoms with Crippen molar-refractivity contribution < 1.29 is 24.2 Å². The van der Waals surface area contributed by atoms with Crippen LogP contribution < -0.4 is 0 Å². The van der Waals surface area contributed by atoms with Crippen molar-refractivity contribution in [3.8, 4) is 6.07 Å². The van der Waals surface area contributed by atoms with Crippen LogP contribution in [0.1, 0.15) is 20.3 Å². The van der Waals surface area contributed by atoms with Gasteiger partial charge in [-0.05, 0) is 13.3 Å². The minimum absolute atomic E-state index is 0.244. The Kier molecular flexibility index (Phi) is 2.16. The zero-order valence-electron chi connectivity index (χ0n) is 9.67. The summed E-state index contributed by atoms with van der Waals surface area (Å²) in [5.74, 6) is -0.741. The number of hydrogen-bond donors (Lipinski definition) is 0. The topological polar surface area (TPSA) is 33.0 Å². The Balaban J connectivity index is 2.48. The van der Waals surface area contributed by atoms with Crippen molar-refractivity contribution in [2.75, 3.05) is 0 Å². The van der Waals surface area contributed by atoms with Gasteiger partial charge in [0.25, 0.3) is 0 Å². The smallest absolute Gasteiger partial charge is 0.309 e. The molecular formula is C10H12F5NOS. The lowest BCUT2D eigenvalue weighted by Crippen LogP contribution is -2.55. The standard InChI is InChI=1S/C10H12F5NOS/c1-6-3-7(5-16)10(2)4-8(9(10)17-6)18(11,12,13,14)15/h4,6-7,9H,3H2,1-2H3. The maximum atomic E-state index is 12.7. The Labute approximate surface area is 101 Å². The van der Waals surface area contributed by atoms with Crippen molar-refractivity contribution >= 4 is 10.2 Å². The van der Waals surface area contributed by atoms with E-state index in [2.05, 4.69) is 0 Å². The Hall–Kier alpha value is -0.810. The normalized spacial score (nSPS) is 43.7. The number of ether oxygens (including phenoxy) is 1. The third kappa shape index (κ3) is 1.89. The Morgan fingerprint density at radius 2 is 1.94 bits per heavy atom. The highest BCUT2D eigenvalue weighted by molar-refractivity contribution is 8.48. The number of nitriles is 1. The Bertz CT molecular complexity index is 478. The Morgan fingerprint density at radius 1 is 1.39 bits per heavy atom. The van der Waals surface area contributed by atoms with Crippen LogP contribution in [0.4, 0.5) is 19.4 Å². The minimum atomic E-state index is -9.68. The van der Waals surface area contributed by atoms with Crippen LogP contribution in [0.5, 0.6) is 0 Å². The maximum absolute atomic E-state index is 12.7. The zero-order valence-corrected chi connectivity index (χ0v) is 10.5. The molecular weight excluding hydrogens is 277 g/mol. The molecule has 104 valence electrons. The highest BCUT2D eigenvalue weighted by Crippen LogP contribution is 3.04. The van der Waals surface area contributed by atoms with E-state index in [1.165, 1.54) is 13.8 Å². The summed E-state index contributed by atoms with van der Waals surface area (Å²) >= 11 is 0. The van der Waals surface area contributed by atoms with Crippen molar-refractivity contribution in [1.29, 1.82) is 5.26 Å². The van der Waals surface area contributed by atoms with Gasteiger partial charge in [0.1, 0.15) is 11.0 Å². The average molecular weight is 289 g/mol. The molecule has 0 aromatic carbocycles. The van der Waals surface area contributed by atoms with Gasteiger partial charge in [-0.1, -0.05) is 32.4 Å². The monoisotopic (exact) mass is 289 g/mol. The van der Waals surface area contributed by atoms with E-state index in [0.29, 0.717) is 6.08 Å². The molecule has 2 nitrogen and oxygen atoms in total. The summed E-state index contributed by atoms with van der Waals surface area (Å²) in [5.41, 5.74) is -1.27. The van der Waals surface area contributed by atoms with Crippen LogP contribution in [0.2, 0.25) is 0 Å².